The Hall–Kier alpha value is -4.73. The molecule has 0 saturated heterocycles. The van der Waals surface area contributed by atoms with E-state index < -0.39 is 11.9 Å². The van der Waals surface area contributed by atoms with Crippen molar-refractivity contribution in [1.82, 2.24) is 19.9 Å². The SMILES string of the molecule is O=C(Cc1ncc(-c2ccc(C(F)(F)F)nc2)[nH]1)Nc1ccc(OCc2ccnc3ccccc23)cc1. The van der Waals surface area contributed by atoms with Gasteiger partial charge in [0.25, 0.3) is 0 Å². The van der Waals surface area contributed by atoms with Crippen molar-refractivity contribution < 1.29 is 22.7 Å². The average molecular weight is 503 g/mol. The van der Waals surface area contributed by atoms with Gasteiger partial charge in [-0.25, -0.2) is 4.98 Å². The number of benzene rings is 2. The molecule has 3 heterocycles. The summed E-state index contributed by atoms with van der Waals surface area (Å²) in [5.41, 5.74) is 2.44. The van der Waals surface area contributed by atoms with Crippen LogP contribution in [0.1, 0.15) is 17.1 Å². The maximum absolute atomic E-state index is 12.7. The Bertz CT molecular complexity index is 1530. The van der Waals surface area contributed by atoms with Crippen LogP contribution in [0.4, 0.5) is 18.9 Å². The summed E-state index contributed by atoms with van der Waals surface area (Å²) in [4.78, 5) is 27.3. The number of nitrogens with zero attached hydrogens (tertiary/aromatic N) is 3. The molecular weight excluding hydrogens is 483 g/mol. The molecule has 0 fully saturated rings. The van der Waals surface area contributed by atoms with Crippen LogP contribution in [0.2, 0.25) is 0 Å². The molecule has 0 saturated carbocycles. The molecule has 37 heavy (non-hydrogen) atoms. The summed E-state index contributed by atoms with van der Waals surface area (Å²) in [6, 6.07) is 19.0. The number of H-pyrrole nitrogens is 1. The third-order valence-corrected chi connectivity index (χ3v) is 5.59. The predicted octanol–water partition coefficient (Wildman–Crippen LogP) is 5.80. The lowest BCUT2D eigenvalue weighted by Crippen LogP contribution is -2.15. The molecule has 2 aromatic carbocycles. The molecule has 0 radical (unpaired) electrons. The van der Waals surface area contributed by atoms with Crippen LogP contribution in [-0.2, 0) is 24.0 Å². The summed E-state index contributed by atoms with van der Waals surface area (Å²) < 4.78 is 44.0. The van der Waals surface area contributed by atoms with Gasteiger partial charge in [0.15, 0.2) is 0 Å². The standard InChI is InChI=1S/C27H20F3N5O2/c28-27(29,30)24-10-5-17(14-32-24)23-15-33-25(35-23)13-26(36)34-19-6-8-20(9-7-19)37-16-18-11-12-31-22-4-2-1-3-21(18)22/h1-12,14-15H,13,16H2,(H,33,35)(H,34,36). The van der Waals surface area contributed by atoms with Gasteiger partial charge in [-0.2, -0.15) is 13.2 Å². The number of halogens is 3. The first-order chi connectivity index (χ1) is 17.8. The molecule has 0 aliphatic carbocycles. The molecule has 0 aliphatic rings. The van der Waals surface area contributed by atoms with Gasteiger partial charge in [0.1, 0.15) is 23.9 Å². The van der Waals surface area contributed by atoms with Crippen molar-refractivity contribution in [3.63, 3.8) is 0 Å². The first-order valence-corrected chi connectivity index (χ1v) is 11.3. The minimum absolute atomic E-state index is 0.0402. The molecule has 2 N–H and O–H groups in total. The quantitative estimate of drug-likeness (QED) is 0.293. The van der Waals surface area contributed by atoms with Gasteiger partial charge in [0.2, 0.25) is 5.91 Å². The molecule has 10 heteroatoms. The zero-order chi connectivity index (χ0) is 25.8. The first-order valence-electron chi connectivity index (χ1n) is 11.3. The lowest BCUT2D eigenvalue weighted by molar-refractivity contribution is -0.141. The molecule has 0 spiro atoms. The van der Waals surface area contributed by atoms with Gasteiger partial charge < -0.3 is 15.0 Å². The van der Waals surface area contributed by atoms with Crippen LogP contribution in [0, 0.1) is 0 Å². The van der Waals surface area contributed by atoms with E-state index in [9.17, 15) is 18.0 Å². The number of nitrogens with one attached hydrogen (secondary N) is 2. The third-order valence-electron chi connectivity index (χ3n) is 5.59. The monoisotopic (exact) mass is 503 g/mol. The molecule has 3 aromatic heterocycles. The number of amides is 1. The molecule has 5 aromatic rings. The second-order valence-electron chi connectivity index (χ2n) is 8.20. The Morgan fingerprint density at radius 3 is 2.49 bits per heavy atom. The maximum atomic E-state index is 12.7. The zero-order valence-corrected chi connectivity index (χ0v) is 19.3. The molecule has 186 valence electrons. The van der Waals surface area contributed by atoms with Gasteiger partial charge in [-0.3, -0.25) is 14.8 Å². The molecule has 0 bridgehead atoms. The molecule has 0 atom stereocenters. The highest BCUT2D eigenvalue weighted by molar-refractivity contribution is 5.92. The number of rotatable bonds is 7. The van der Waals surface area contributed by atoms with Crippen molar-refractivity contribution in [2.75, 3.05) is 5.32 Å². The number of carbonyl (C=O) groups is 1. The summed E-state index contributed by atoms with van der Waals surface area (Å²) in [5.74, 6) is 0.722. The van der Waals surface area contributed by atoms with E-state index in [2.05, 4.69) is 25.3 Å². The van der Waals surface area contributed by atoms with Crippen molar-refractivity contribution in [3.05, 3.63) is 102 Å². The summed E-state index contributed by atoms with van der Waals surface area (Å²) >= 11 is 0. The van der Waals surface area contributed by atoms with Crippen LogP contribution in [0.15, 0.2) is 85.3 Å². The molecule has 7 nitrogen and oxygen atoms in total. The number of hydrogen-bond acceptors (Lipinski definition) is 5. The Morgan fingerprint density at radius 1 is 0.919 bits per heavy atom. The van der Waals surface area contributed by atoms with Crippen LogP contribution >= 0.6 is 0 Å². The third kappa shape index (κ3) is 5.75. The Labute approximate surface area is 209 Å². The normalized spacial score (nSPS) is 11.4. The minimum atomic E-state index is -4.51. The summed E-state index contributed by atoms with van der Waals surface area (Å²) in [7, 11) is 0. The number of ether oxygens (including phenoxy) is 1. The number of fused-ring (bicyclic) bond motifs is 1. The van der Waals surface area contributed by atoms with Crippen LogP contribution in [-0.4, -0.2) is 25.8 Å². The van der Waals surface area contributed by atoms with E-state index >= 15 is 0 Å². The Balaban J connectivity index is 1.16. The first kappa shape index (κ1) is 24.0. The molecule has 1 amide bonds. The van der Waals surface area contributed by atoms with Crippen LogP contribution in [0.5, 0.6) is 5.75 Å². The van der Waals surface area contributed by atoms with Gasteiger partial charge in [-0.05, 0) is 48.5 Å². The number of aromatic nitrogens is 4. The number of carbonyl (C=O) groups excluding carboxylic acids is 1. The highest BCUT2D eigenvalue weighted by Crippen LogP contribution is 2.28. The fourth-order valence-corrected chi connectivity index (χ4v) is 3.75. The van der Waals surface area contributed by atoms with Crippen molar-refractivity contribution in [1.29, 1.82) is 0 Å². The van der Waals surface area contributed by atoms with Crippen LogP contribution in [0.25, 0.3) is 22.2 Å². The van der Waals surface area contributed by atoms with Gasteiger partial charge in [-0.1, -0.05) is 18.2 Å². The number of hydrogen-bond donors (Lipinski definition) is 2. The van der Waals surface area contributed by atoms with E-state index in [0.29, 0.717) is 35.1 Å². The highest BCUT2D eigenvalue weighted by Gasteiger charge is 2.32. The highest BCUT2D eigenvalue weighted by atomic mass is 19.4. The Kier molecular flexibility index (Phi) is 6.55. The Morgan fingerprint density at radius 2 is 1.73 bits per heavy atom. The molecule has 0 aliphatic heterocycles. The fraction of sp³-hybridized carbons (Fsp3) is 0.111. The smallest absolute Gasteiger partial charge is 0.433 e. The lowest BCUT2D eigenvalue weighted by Gasteiger charge is -2.10. The van der Waals surface area contributed by atoms with E-state index in [0.717, 1.165) is 28.7 Å². The summed E-state index contributed by atoms with van der Waals surface area (Å²) in [5, 5.41) is 3.82. The molecule has 0 unspecified atom stereocenters. The summed E-state index contributed by atoms with van der Waals surface area (Å²) in [6.45, 7) is 0.379. The van der Waals surface area contributed by atoms with E-state index in [-0.39, 0.29) is 12.3 Å². The predicted molar refractivity (Wildman–Crippen MR) is 132 cm³/mol. The van der Waals surface area contributed by atoms with E-state index in [1.807, 2.05) is 30.3 Å². The van der Waals surface area contributed by atoms with Crippen LogP contribution in [0.3, 0.4) is 0 Å². The largest absolute Gasteiger partial charge is 0.489 e. The van der Waals surface area contributed by atoms with E-state index in [4.69, 9.17) is 4.74 Å². The fourth-order valence-electron chi connectivity index (χ4n) is 3.75. The van der Waals surface area contributed by atoms with E-state index in [1.165, 1.54) is 12.3 Å². The number of anilines is 1. The van der Waals surface area contributed by atoms with Gasteiger partial charge in [-0.15, -0.1) is 0 Å². The number of aromatic amines is 1. The second-order valence-corrected chi connectivity index (χ2v) is 8.20. The topological polar surface area (TPSA) is 92.8 Å². The van der Waals surface area contributed by atoms with Gasteiger partial charge in [0.05, 0.1) is 23.8 Å². The van der Waals surface area contributed by atoms with Crippen molar-refractivity contribution in [2.24, 2.45) is 0 Å². The number of pyridine rings is 2. The van der Waals surface area contributed by atoms with E-state index in [1.54, 1.807) is 30.5 Å². The molecule has 5 rings (SSSR count). The minimum Gasteiger partial charge on any atom is -0.489 e. The number of imidazole rings is 1. The second kappa shape index (κ2) is 10.1. The van der Waals surface area contributed by atoms with Crippen LogP contribution < -0.4 is 10.1 Å². The van der Waals surface area contributed by atoms with Crippen molar-refractivity contribution in [3.8, 4) is 17.0 Å². The summed E-state index contributed by atoms with van der Waals surface area (Å²) in [6.07, 6.45) is -0.232. The van der Waals surface area contributed by atoms with Crippen molar-refractivity contribution >= 4 is 22.5 Å². The van der Waals surface area contributed by atoms with Gasteiger partial charge >= 0.3 is 6.18 Å². The maximum Gasteiger partial charge on any atom is 0.433 e. The zero-order valence-electron chi connectivity index (χ0n) is 19.3. The number of alkyl halides is 3. The number of para-hydroxylation sites is 1. The lowest BCUT2D eigenvalue weighted by atomic mass is 10.1. The average Bonchev–Trinajstić information content (AvgIpc) is 3.36. The molecular formula is C27H20F3N5O2. The van der Waals surface area contributed by atoms with Gasteiger partial charge in [0, 0.05) is 34.6 Å². The van der Waals surface area contributed by atoms with Crippen molar-refractivity contribution in [2.45, 2.75) is 19.2 Å².